The van der Waals surface area contributed by atoms with E-state index in [1.54, 1.807) is 0 Å². The maximum atomic E-state index is 3.46. The van der Waals surface area contributed by atoms with Gasteiger partial charge in [0.05, 0.1) is 0 Å². The zero-order chi connectivity index (χ0) is 10.3. The molecule has 2 aromatic rings. The van der Waals surface area contributed by atoms with Crippen LogP contribution in [0.25, 0.3) is 0 Å². The van der Waals surface area contributed by atoms with E-state index in [1.165, 1.54) is 11.3 Å². The summed E-state index contributed by atoms with van der Waals surface area (Å²) in [5.74, 6) is 0. The van der Waals surface area contributed by atoms with Gasteiger partial charge in [-0.2, -0.15) is 0 Å². The monoisotopic (exact) mass is 263 g/mol. The van der Waals surface area contributed by atoms with Crippen LogP contribution in [0.3, 0.4) is 0 Å². The Morgan fingerprint density at radius 3 is 2.07 bits per heavy atom. The molecule has 15 heavy (non-hydrogen) atoms. The van der Waals surface area contributed by atoms with Gasteiger partial charge in [-0.15, -0.1) is 0 Å². The van der Waals surface area contributed by atoms with Gasteiger partial charge in [-0.3, -0.25) is 0 Å². The Bertz CT molecular complexity index is 346. The molecule has 0 saturated carbocycles. The number of nitrogens with one attached hydrogen (secondary N) is 1. The third kappa shape index (κ3) is 3.43. The van der Waals surface area contributed by atoms with Crippen molar-refractivity contribution in [2.24, 2.45) is 0 Å². The first-order chi connectivity index (χ1) is 7.45. The first-order valence-electron chi connectivity index (χ1n) is 4.92. The van der Waals surface area contributed by atoms with E-state index in [4.69, 9.17) is 0 Å². The third-order valence-electron chi connectivity index (χ3n) is 2.05. The molecule has 0 amide bonds. The SMILES string of the molecule is c1ccc(C[Se]Nc2ccccc2)cc1. The van der Waals surface area contributed by atoms with E-state index in [9.17, 15) is 0 Å². The third-order valence-corrected chi connectivity index (χ3v) is 3.85. The average Bonchev–Trinajstić information content (AvgIpc) is 2.32. The van der Waals surface area contributed by atoms with Crippen molar-refractivity contribution in [3.63, 3.8) is 0 Å². The van der Waals surface area contributed by atoms with Gasteiger partial charge in [0.25, 0.3) is 0 Å². The van der Waals surface area contributed by atoms with Gasteiger partial charge in [0.1, 0.15) is 0 Å². The van der Waals surface area contributed by atoms with E-state index >= 15 is 0 Å². The Hall–Kier alpha value is -1.24. The molecule has 1 nitrogen and oxygen atoms in total. The molecule has 0 heterocycles. The molecule has 0 atom stereocenters. The van der Waals surface area contributed by atoms with Crippen molar-refractivity contribution < 1.29 is 0 Å². The first kappa shape index (κ1) is 10.3. The van der Waals surface area contributed by atoms with Gasteiger partial charge in [0, 0.05) is 0 Å². The van der Waals surface area contributed by atoms with Gasteiger partial charge < -0.3 is 0 Å². The zero-order valence-electron chi connectivity index (χ0n) is 8.39. The Labute approximate surface area is 96.9 Å². The van der Waals surface area contributed by atoms with Crippen molar-refractivity contribution in [1.82, 2.24) is 0 Å². The van der Waals surface area contributed by atoms with Gasteiger partial charge in [-0.05, 0) is 0 Å². The second kappa shape index (κ2) is 5.59. The van der Waals surface area contributed by atoms with Crippen molar-refractivity contribution in [2.75, 3.05) is 4.33 Å². The van der Waals surface area contributed by atoms with Gasteiger partial charge in [-0.25, -0.2) is 0 Å². The van der Waals surface area contributed by atoms with Crippen LogP contribution in [0.1, 0.15) is 5.56 Å². The summed E-state index contributed by atoms with van der Waals surface area (Å²) >= 11 is 0.433. The topological polar surface area (TPSA) is 12.0 Å². The normalized spacial score (nSPS) is 9.87. The molecule has 0 aromatic heterocycles. The fraction of sp³-hybridized carbons (Fsp3) is 0.0769. The van der Waals surface area contributed by atoms with Crippen molar-refractivity contribution in [3.05, 3.63) is 66.2 Å². The quantitative estimate of drug-likeness (QED) is 0.835. The van der Waals surface area contributed by atoms with Crippen LogP contribution in [0, 0.1) is 0 Å². The number of para-hydroxylation sites is 1. The molecular weight excluding hydrogens is 249 g/mol. The predicted molar refractivity (Wildman–Crippen MR) is 66.0 cm³/mol. The molecule has 0 aliphatic carbocycles. The van der Waals surface area contributed by atoms with Gasteiger partial charge in [-0.1, -0.05) is 0 Å². The maximum absolute atomic E-state index is 3.46. The Morgan fingerprint density at radius 1 is 0.800 bits per heavy atom. The number of anilines is 1. The van der Waals surface area contributed by atoms with Crippen molar-refractivity contribution in [2.45, 2.75) is 5.32 Å². The standard InChI is InChI=1S/C13H13NSe/c1-3-7-12(8-4-1)11-15-14-13-9-5-2-6-10-13/h1-10,14H,11H2. The van der Waals surface area contributed by atoms with E-state index in [2.05, 4.69) is 58.9 Å². The molecule has 2 rings (SSSR count). The summed E-state index contributed by atoms with van der Waals surface area (Å²) in [6.07, 6.45) is 0. The van der Waals surface area contributed by atoms with Crippen molar-refractivity contribution in [3.8, 4) is 0 Å². The van der Waals surface area contributed by atoms with Gasteiger partial charge >= 0.3 is 96.7 Å². The number of benzene rings is 2. The molecular formula is C13H13NSe. The molecule has 0 aliphatic heterocycles. The summed E-state index contributed by atoms with van der Waals surface area (Å²) in [6, 6.07) is 20.9. The molecule has 0 aliphatic rings. The molecule has 0 unspecified atom stereocenters. The summed E-state index contributed by atoms with van der Waals surface area (Å²) in [6.45, 7) is 0. The van der Waals surface area contributed by atoms with Crippen LogP contribution >= 0.6 is 0 Å². The van der Waals surface area contributed by atoms with Crippen LogP contribution in [0.2, 0.25) is 0 Å². The minimum atomic E-state index is 0.433. The second-order valence-electron chi connectivity index (χ2n) is 3.24. The summed E-state index contributed by atoms with van der Waals surface area (Å²) in [5, 5.41) is 1.13. The number of hydrogen-bond donors (Lipinski definition) is 1. The van der Waals surface area contributed by atoms with Crippen molar-refractivity contribution in [1.29, 1.82) is 0 Å². The molecule has 1 N–H and O–H groups in total. The van der Waals surface area contributed by atoms with Crippen LogP contribution < -0.4 is 4.33 Å². The summed E-state index contributed by atoms with van der Waals surface area (Å²) in [7, 11) is 0. The Kier molecular flexibility index (Phi) is 3.84. The zero-order valence-corrected chi connectivity index (χ0v) is 10.1. The van der Waals surface area contributed by atoms with Gasteiger partial charge in [0.15, 0.2) is 0 Å². The number of rotatable bonds is 4. The van der Waals surface area contributed by atoms with E-state index in [1.807, 2.05) is 6.07 Å². The predicted octanol–water partition coefficient (Wildman–Crippen LogP) is 2.92. The molecule has 0 saturated heterocycles. The van der Waals surface area contributed by atoms with E-state index in [0.717, 1.165) is 5.32 Å². The van der Waals surface area contributed by atoms with Crippen LogP contribution in [0.15, 0.2) is 60.7 Å². The molecule has 0 bridgehead atoms. The average molecular weight is 262 g/mol. The minimum absolute atomic E-state index is 0.433. The molecule has 2 aromatic carbocycles. The van der Waals surface area contributed by atoms with Crippen LogP contribution in [0.5, 0.6) is 0 Å². The fourth-order valence-electron chi connectivity index (χ4n) is 1.28. The summed E-state index contributed by atoms with van der Waals surface area (Å²) in [5.41, 5.74) is 2.62. The molecule has 0 radical (unpaired) electrons. The van der Waals surface area contributed by atoms with Crippen LogP contribution in [-0.2, 0) is 5.32 Å². The van der Waals surface area contributed by atoms with Crippen molar-refractivity contribution >= 4 is 20.9 Å². The molecule has 0 spiro atoms. The summed E-state index contributed by atoms with van der Waals surface area (Å²) in [4.78, 5) is 0. The Balaban J connectivity index is 1.81. The van der Waals surface area contributed by atoms with Crippen LogP contribution in [-0.4, -0.2) is 15.2 Å². The fourth-order valence-corrected chi connectivity index (χ4v) is 2.82. The summed E-state index contributed by atoms with van der Waals surface area (Å²) < 4.78 is 3.46. The Morgan fingerprint density at radius 2 is 1.40 bits per heavy atom. The van der Waals surface area contributed by atoms with E-state index < -0.39 is 0 Å². The first-order valence-corrected chi connectivity index (χ1v) is 6.99. The van der Waals surface area contributed by atoms with E-state index in [-0.39, 0.29) is 0 Å². The van der Waals surface area contributed by atoms with E-state index in [0.29, 0.717) is 15.2 Å². The molecule has 76 valence electrons. The second-order valence-corrected chi connectivity index (χ2v) is 4.88. The van der Waals surface area contributed by atoms with Gasteiger partial charge in [0.2, 0.25) is 0 Å². The molecule has 0 fully saturated rings. The molecule has 2 heteroatoms. The van der Waals surface area contributed by atoms with Crippen LogP contribution in [0.4, 0.5) is 5.69 Å². The number of hydrogen-bond acceptors (Lipinski definition) is 1.